The minimum atomic E-state index is -0.380. The molecule has 0 bridgehead atoms. The Kier molecular flexibility index (Phi) is 7.74. The van der Waals surface area contributed by atoms with Gasteiger partial charge in [-0.1, -0.05) is 25.8 Å². The number of benzene rings is 3. The zero-order chi connectivity index (χ0) is 26.5. The molecule has 0 fully saturated rings. The molecule has 0 spiro atoms. The van der Waals surface area contributed by atoms with Crippen LogP contribution < -0.4 is 10.1 Å². The van der Waals surface area contributed by atoms with Crippen molar-refractivity contribution in [1.29, 1.82) is 0 Å². The van der Waals surface area contributed by atoms with Crippen LogP contribution in [-0.4, -0.2) is 25.3 Å². The monoisotopic (exact) mass is 497 g/mol. The highest BCUT2D eigenvalue weighted by Gasteiger charge is 2.22. The molecule has 0 aliphatic carbocycles. The maximum absolute atomic E-state index is 13.5. The van der Waals surface area contributed by atoms with Crippen LogP contribution >= 0.6 is 0 Å². The Hall–Kier alpha value is -4.37. The molecule has 6 heteroatoms. The van der Waals surface area contributed by atoms with Gasteiger partial charge in [0.2, 0.25) is 0 Å². The fourth-order valence-corrected chi connectivity index (χ4v) is 4.13. The number of amides is 1. The maximum Gasteiger partial charge on any atom is 0.255 e. The summed E-state index contributed by atoms with van der Waals surface area (Å²) >= 11 is 0. The van der Waals surface area contributed by atoms with Gasteiger partial charge in [-0.2, -0.15) is 0 Å². The van der Waals surface area contributed by atoms with Gasteiger partial charge in [-0.25, -0.2) is 4.39 Å². The highest BCUT2D eigenvalue weighted by Crippen LogP contribution is 2.37. The SMILES string of the molecule is C#CCOc1cc(C(=O)CCC(C)C)cc(-c2ccc3oc(-c4ccc(F)cc4)c(C(=O)NC)c3c2)c1. The minimum Gasteiger partial charge on any atom is -0.481 e. The Balaban J connectivity index is 1.84. The Labute approximate surface area is 215 Å². The molecule has 1 aromatic heterocycles. The first kappa shape index (κ1) is 25.7. The summed E-state index contributed by atoms with van der Waals surface area (Å²) in [5.41, 5.74) is 3.50. The van der Waals surface area contributed by atoms with Crippen molar-refractivity contribution in [1.82, 2.24) is 5.32 Å². The average Bonchev–Trinajstić information content (AvgIpc) is 3.29. The lowest BCUT2D eigenvalue weighted by Gasteiger charge is -2.11. The number of halogens is 1. The highest BCUT2D eigenvalue weighted by molar-refractivity contribution is 6.12. The molecular weight excluding hydrogens is 469 g/mol. The normalized spacial score (nSPS) is 10.9. The number of ketones is 1. The summed E-state index contributed by atoms with van der Waals surface area (Å²) in [7, 11) is 1.54. The number of carbonyl (C=O) groups excluding carboxylic acids is 2. The molecule has 0 aliphatic rings. The summed E-state index contributed by atoms with van der Waals surface area (Å²) in [6.07, 6.45) is 6.59. The zero-order valence-corrected chi connectivity index (χ0v) is 21.1. The summed E-state index contributed by atoms with van der Waals surface area (Å²) in [6.45, 7) is 4.23. The van der Waals surface area contributed by atoms with E-state index in [0.29, 0.717) is 51.5 Å². The maximum atomic E-state index is 13.5. The Morgan fingerprint density at radius 2 is 1.76 bits per heavy atom. The lowest BCUT2D eigenvalue weighted by Crippen LogP contribution is -2.18. The van der Waals surface area contributed by atoms with Gasteiger partial charge in [0.1, 0.15) is 29.5 Å². The topological polar surface area (TPSA) is 68.5 Å². The van der Waals surface area contributed by atoms with Crippen LogP contribution in [0.4, 0.5) is 4.39 Å². The summed E-state index contributed by atoms with van der Waals surface area (Å²) < 4.78 is 25.2. The van der Waals surface area contributed by atoms with E-state index in [9.17, 15) is 14.0 Å². The number of carbonyl (C=O) groups is 2. The smallest absolute Gasteiger partial charge is 0.255 e. The van der Waals surface area contributed by atoms with Crippen LogP contribution in [0.5, 0.6) is 5.75 Å². The van der Waals surface area contributed by atoms with Gasteiger partial charge in [0.25, 0.3) is 5.91 Å². The molecule has 3 aromatic carbocycles. The number of Topliss-reactive ketones (excluding diaryl/α,β-unsaturated/α-hetero) is 1. The molecule has 1 amide bonds. The van der Waals surface area contributed by atoms with Gasteiger partial charge in [-0.15, -0.1) is 6.42 Å². The van der Waals surface area contributed by atoms with E-state index < -0.39 is 0 Å². The molecule has 1 heterocycles. The van der Waals surface area contributed by atoms with Crippen molar-refractivity contribution in [2.75, 3.05) is 13.7 Å². The van der Waals surface area contributed by atoms with Crippen LogP contribution in [0.15, 0.2) is 65.1 Å². The summed E-state index contributed by atoms with van der Waals surface area (Å²) in [4.78, 5) is 25.9. The lowest BCUT2D eigenvalue weighted by atomic mass is 9.96. The second kappa shape index (κ2) is 11.1. The standard InChI is InChI=1S/C31H28FNO4/c1-5-14-36-25-16-22(15-23(17-25)27(34)12-6-19(2)3)21-9-13-28-26(18-21)29(31(35)33-4)30(37-28)20-7-10-24(32)11-8-20/h1,7-11,13,15-19H,6,12,14H2,2-4H3,(H,33,35). The minimum absolute atomic E-state index is 0.0233. The van der Waals surface area contributed by atoms with E-state index in [2.05, 4.69) is 25.1 Å². The number of hydrogen-bond acceptors (Lipinski definition) is 4. The Morgan fingerprint density at radius 3 is 2.43 bits per heavy atom. The lowest BCUT2D eigenvalue weighted by molar-refractivity contribution is 0.0960. The molecule has 0 saturated heterocycles. The third-order valence-electron chi connectivity index (χ3n) is 6.08. The predicted molar refractivity (Wildman–Crippen MR) is 143 cm³/mol. The average molecular weight is 498 g/mol. The van der Waals surface area contributed by atoms with Crippen molar-refractivity contribution < 1.29 is 23.1 Å². The van der Waals surface area contributed by atoms with Gasteiger partial charge < -0.3 is 14.5 Å². The molecule has 0 saturated carbocycles. The summed E-state index contributed by atoms with van der Waals surface area (Å²) in [6, 6.07) is 16.6. The number of terminal acetylenes is 1. The van der Waals surface area contributed by atoms with Crippen LogP contribution in [0.25, 0.3) is 33.4 Å². The first-order chi connectivity index (χ1) is 17.8. The molecular formula is C31H28FNO4. The Morgan fingerprint density at radius 1 is 1.03 bits per heavy atom. The summed E-state index contributed by atoms with van der Waals surface area (Å²) in [5, 5.41) is 3.26. The first-order valence-corrected chi connectivity index (χ1v) is 12.1. The van der Waals surface area contributed by atoms with Crippen LogP contribution in [0.1, 0.15) is 47.4 Å². The fraction of sp³-hybridized carbons (Fsp3) is 0.226. The fourth-order valence-electron chi connectivity index (χ4n) is 4.13. The van der Waals surface area contributed by atoms with Gasteiger partial charge in [0.05, 0.1) is 5.56 Å². The van der Waals surface area contributed by atoms with Crippen molar-refractivity contribution in [2.45, 2.75) is 26.7 Å². The third-order valence-corrected chi connectivity index (χ3v) is 6.08. The van der Waals surface area contributed by atoms with Crippen molar-refractivity contribution in [2.24, 2.45) is 5.92 Å². The van der Waals surface area contributed by atoms with Crippen molar-refractivity contribution in [3.8, 4) is 40.5 Å². The molecule has 4 aromatic rings. The van der Waals surface area contributed by atoms with E-state index in [1.165, 1.54) is 12.1 Å². The van der Waals surface area contributed by atoms with Crippen LogP contribution in [-0.2, 0) is 0 Å². The van der Waals surface area contributed by atoms with Gasteiger partial charge in [0, 0.05) is 30.0 Å². The van der Waals surface area contributed by atoms with E-state index in [4.69, 9.17) is 15.6 Å². The quantitative estimate of drug-likeness (QED) is 0.202. The van der Waals surface area contributed by atoms with Crippen molar-refractivity contribution in [3.05, 3.63) is 77.6 Å². The molecule has 0 atom stereocenters. The predicted octanol–water partition coefficient (Wildman–Crippen LogP) is 6.90. The number of nitrogens with one attached hydrogen (secondary N) is 1. The van der Waals surface area contributed by atoms with E-state index in [0.717, 1.165) is 17.5 Å². The van der Waals surface area contributed by atoms with Gasteiger partial charge in [-0.05, 0) is 78.1 Å². The molecule has 1 N–H and O–H groups in total. The van der Waals surface area contributed by atoms with Crippen molar-refractivity contribution >= 4 is 22.7 Å². The van der Waals surface area contributed by atoms with E-state index in [1.54, 1.807) is 31.3 Å². The van der Waals surface area contributed by atoms with Crippen LogP contribution in [0, 0.1) is 24.1 Å². The number of ether oxygens (including phenoxy) is 1. The number of rotatable bonds is 9. The van der Waals surface area contributed by atoms with E-state index >= 15 is 0 Å². The molecule has 188 valence electrons. The molecule has 0 aliphatic heterocycles. The van der Waals surface area contributed by atoms with E-state index in [-0.39, 0.29) is 24.1 Å². The molecule has 0 radical (unpaired) electrons. The first-order valence-electron chi connectivity index (χ1n) is 12.1. The molecule has 0 unspecified atom stereocenters. The third kappa shape index (κ3) is 5.73. The van der Waals surface area contributed by atoms with Crippen molar-refractivity contribution in [3.63, 3.8) is 0 Å². The number of fused-ring (bicyclic) bond motifs is 1. The molecule has 5 nitrogen and oxygen atoms in total. The van der Waals surface area contributed by atoms with Gasteiger partial charge >= 0.3 is 0 Å². The van der Waals surface area contributed by atoms with Gasteiger partial charge in [-0.3, -0.25) is 9.59 Å². The van der Waals surface area contributed by atoms with Crippen LogP contribution in [0.3, 0.4) is 0 Å². The second-order valence-electron chi connectivity index (χ2n) is 9.20. The Bertz CT molecular complexity index is 1490. The van der Waals surface area contributed by atoms with E-state index in [1.807, 2.05) is 24.3 Å². The molecule has 4 rings (SSSR count). The van der Waals surface area contributed by atoms with Crippen LogP contribution in [0.2, 0.25) is 0 Å². The van der Waals surface area contributed by atoms with Gasteiger partial charge in [0.15, 0.2) is 5.78 Å². The number of furan rings is 1. The molecule has 37 heavy (non-hydrogen) atoms. The summed E-state index contributed by atoms with van der Waals surface area (Å²) in [5.74, 6) is 3.02. The number of hydrogen-bond donors (Lipinski definition) is 1. The largest absolute Gasteiger partial charge is 0.481 e. The zero-order valence-electron chi connectivity index (χ0n) is 21.1. The highest BCUT2D eigenvalue weighted by atomic mass is 19.1. The second-order valence-corrected chi connectivity index (χ2v) is 9.20.